The SMILES string of the molecule is COc1ccc(NC(=O)c2ccccc2NS(=O)(=O)c2cnn(C)c2)c(OC)c1. The maximum absolute atomic E-state index is 12.8. The molecule has 0 bridgehead atoms. The number of carbonyl (C=O) groups is 1. The van der Waals surface area contributed by atoms with Gasteiger partial charge in [-0.25, -0.2) is 8.42 Å². The van der Waals surface area contributed by atoms with E-state index in [4.69, 9.17) is 9.47 Å². The van der Waals surface area contributed by atoms with E-state index in [-0.39, 0.29) is 16.1 Å². The normalized spacial score (nSPS) is 11.0. The summed E-state index contributed by atoms with van der Waals surface area (Å²) in [6, 6.07) is 11.2. The number of para-hydroxylation sites is 1. The van der Waals surface area contributed by atoms with Crippen molar-refractivity contribution in [3.63, 3.8) is 0 Å². The number of amides is 1. The monoisotopic (exact) mass is 416 g/mol. The number of rotatable bonds is 7. The average Bonchev–Trinajstić information content (AvgIpc) is 3.15. The summed E-state index contributed by atoms with van der Waals surface area (Å²) in [5.74, 6) is 0.480. The molecule has 152 valence electrons. The highest BCUT2D eigenvalue weighted by Gasteiger charge is 2.20. The van der Waals surface area contributed by atoms with E-state index in [9.17, 15) is 13.2 Å². The zero-order valence-corrected chi connectivity index (χ0v) is 16.9. The van der Waals surface area contributed by atoms with Crippen molar-refractivity contribution in [2.24, 2.45) is 7.05 Å². The molecule has 1 aromatic heterocycles. The Morgan fingerprint density at radius 1 is 1.07 bits per heavy atom. The third-order valence-electron chi connectivity index (χ3n) is 4.06. The molecule has 0 spiro atoms. The van der Waals surface area contributed by atoms with E-state index in [0.717, 1.165) is 0 Å². The largest absolute Gasteiger partial charge is 0.497 e. The fraction of sp³-hybridized carbons (Fsp3) is 0.158. The number of aromatic nitrogens is 2. The predicted octanol–water partition coefficient (Wildman–Crippen LogP) is 2.49. The predicted molar refractivity (Wildman–Crippen MR) is 108 cm³/mol. The number of ether oxygens (including phenoxy) is 2. The molecule has 2 N–H and O–H groups in total. The molecule has 0 aliphatic rings. The number of nitrogens with one attached hydrogen (secondary N) is 2. The van der Waals surface area contributed by atoms with Crippen LogP contribution in [0.25, 0.3) is 0 Å². The highest BCUT2D eigenvalue weighted by molar-refractivity contribution is 7.92. The van der Waals surface area contributed by atoms with Crippen LogP contribution in [0.1, 0.15) is 10.4 Å². The van der Waals surface area contributed by atoms with Crippen molar-refractivity contribution in [3.8, 4) is 11.5 Å². The van der Waals surface area contributed by atoms with Crippen LogP contribution in [0.15, 0.2) is 59.8 Å². The number of methoxy groups -OCH3 is 2. The van der Waals surface area contributed by atoms with Crippen LogP contribution in [0.3, 0.4) is 0 Å². The summed E-state index contributed by atoms with van der Waals surface area (Å²) >= 11 is 0. The molecule has 2 aromatic carbocycles. The first-order chi connectivity index (χ1) is 13.8. The highest BCUT2D eigenvalue weighted by atomic mass is 32.2. The third kappa shape index (κ3) is 4.49. The van der Waals surface area contributed by atoms with Crippen molar-refractivity contribution in [3.05, 3.63) is 60.4 Å². The van der Waals surface area contributed by atoms with Crippen molar-refractivity contribution >= 4 is 27.3 Å². The van der Waals surface area contributed by atoms with Crippen LogP contribution in [0, 0.1) is 0 Å². The Labute approximate surface area is 168 Å². The van der Waals surface area contributed by atoms with E-state index in [2.05, 4.69) is 15.1 Å². The van der Waals surface area contributed by atoms with Gasteiger partial charge >= 0.3 is 0 Å². The van der Waals surface area contributed by atoms with Gasteiger partial charge in [-0.05, 0) is 24.3 Å². The van der Waals surface area contributed by atoms with Gasteiger partial charge in [0.1, 0.15) is 16.4 Å². The quantitative estimate of drug-likeness (QED) is 0.612. The van der Waals surface area contributed by atoms with Crippen molar-refractivity contribution in [1.29, 1.82) is 0 Å². The van der Waals surface area contributed by atoms with E-state index in [1.165, 1.54) is 43.4 Å². The number of hydrogen-bond acceptors (Lipinski definition) is 6. The van der Waals surface area contributed by atoms with Gasteiger partial charge in [-0.15, -0.1) is 0 Å². The minimum atomic E-state index is -3.90. The molecule has 10 heteroatoms. The molecule has 0 unspecified atom stereocenters. The van der Waals surface area contributed by atoms with Gasteiger partial charge in [0.25, 0.3) is 15.9 Å². The van der Waals surface area contributed by atoms with Crippen LogP contribution < -0.4 is 19.5 Å². The van der Waals surface area contributed by atoms with E-state index in [1.807, 2.05) is 0 Å². The molecular formula is C19H20N4O5S. The molecule has 9 nitrogen and oxygen atoms in total. The van der Waals surface area contributed by atoms with Gasteiger partial charge in [0.15, 0.2) is 0 Å². The van der Waals surface area contributed by atoms with E-state index in [1.54, 1.807) is 37.4 Å². The number of sulfonamides is 1. The van der Waals surface area contributed by atoms with Crippen molar-refractivity contribution < 1.29 is 22.7 Å². The number of aryl methyl sites for hydroxylation is 1. The lowest BCUT2D eigenvalue weighted by molar-refractivity contribution is 0.102. The van der Waals surface area contributed by atoms with Gasteiger partial charge < -0.3 is 14.8 Å². The summed E-state index contributed by atoms with van der Waals surface area (Å²) in [7, 11) is 0.714. The van der Waals surface area contributed by atoms with Crippen LogP contribution in [0.4, 0.5) is 11.4 Å². The van der Waals surface area contributed by atoms with E-state index in [0.29, 0.717) is 17.2 Å². The summed E-state index contributed by atoms with van der Waals surface area (Å²) < 4.78 is 39.4. The first kappa shape index (κ1) is 20.2. The number of anilines is 2. The second kappa shape index (κ2) is 8.23. The smallest absolute Gasteiger partial charge is 0.265 e. The minimum Gasteiger partial charge on any atom is -0.497 e. The summed E-state index contributed by atoms with van der Waals surface area (Å²) in [6.45, 7) is 0. The van der Waals surface area contributed by atoms with Crippen LogP contribution in [-0.4, -0.2) is 38.3 Å². The van der Waals surface area contributed by atoms with Gasteiger partial charge in [-0.3, -0.25) is 14.2 Å². The molecule has 0 saturated heterocycles. The third-order valence-corrected chi connectivity index (χ3v) is 5.38. The second-order valence-electron chi connectivity index (χ2n) is 6.02. The standard InChI is InChI=1S/C19H20N4O5S/c1-23-12-14(11-20-23)29(25,26)22-16-7-5-4-6-15(16)19(24)21-17-9-8-13(27-2)10-18(17)28-3/h4-12,22H,1-3H3,(H,21,24). The summed E-state index contributed by atoms with van der Waals surface area (Å²) in [6.07, 6.45) is 2.60. The highest BCUT2D eigenvalue weighted by Crippen LogP contribution is 2.30. The first-order valence-electron chi connectivity index (χ1n) is 8.48. The molecule has 3 rings (SSSR count). The van der Waals surface area contributed by atoms with E-state index < -0.39 is 15.9 Å². The minimum absolute atomic E-state index is 0.00738. The summed E-state index contributed by atoms with van der Waals surface area (Å²) in [4.78, 5) is 12.8. The van der Waals surface area contributed by atoms with E-state index >= 15 is 0 Å². The maximum atomic E-state index is 12.8. The van der Waals surface area contributed by atoms with Gasteiger partial charge in [-0.2, -0.15) is 5.10 Å². The Kier molecular flexibility index (Phi) is 5.74. The Morgan fingerprint density at radius 2 is 1.83 bits per heavy atom. The van der Waals surface area contributed by atoms with Crippen LogP contribution in [-0.2, 0) is 17.1 Å². The van der Waals surface area contributed by atoms with Gasteiger partial charge in [0.05, 0.1) is 37.4 Å². The van der Waals surface area contributed by atoms with Crippen LogP contribution in [0.2, 0.25) is 0 Å². The molecule has 0 atom stereocenters. The van der Waals surface area contributed by atoms with Crippen molar-refractivity contribution in [2.75, 3.05) is 24.3 Å². The lowest BCUT2D eigenvalue weighted by Gasteiger charge is -2.14. The van der Waals surface area contributed by atoms with Crippen LogP contribution in [0.5, 0.6) is 11.5 Å². The molecule has 29 heavy (non-hydrogen) atoms. The van der Waals surface area contributed by atoms with Crippen molar-refractivity contribution in [1.82, 2.24) is 9.78 Å². The molecule has 0 radical (unpaired) electrons. The molecule has 0 aliphatic heterocycles. The Balaban J connectivity index is 1.88. The van der Waals surface area contributed by atoms with Crippen LogP contribution >= 0.6 is 0 Å². The zero-order chi connectivity index (χ0) is 21.0. The summed E-state index contributed by atoms with van der Waals surface area (Å²) in [5.41, 5.74) is 0.711. The fourth-order valence-corrected chi connectivity index (χ4v) is 3.67. The molecule has 0 aliphatic carbocycles. The number of nitrogens with zero attached hydrogens (tertiary/aromatic N) is 2. The van der Waals surface area contributed by atoms with Gasteiger partial charge in [0.2, 0.25) is 0 Å². The number of hydrogen-bond donors (Lipinski definition) is 2. The molecule has 1 amide bonds. The van der Waals surface area contributed by atoms with Crippen molar-refractivity contribution in [2.45, 2.75) is 4.90 Å². The zero-order valence-electron chi connectivity index (χ0n) is 16.0. The Morgan fingerprint density at radius 3 is 2.48 bits per heavy atom. The molecule has 3 aromatic rings. The number of carbonyl (C=O) groups excluding carboxylic acids is 1. The second-order valence-corrected chi connectivity index (χ2v) is 7.70. The lowest BCUT2D eigenvalue weighted by atomic mass is 10.1. The van der Waals surface area contributed by atoms with Gasteiger partial charge in [0, 0.05) is 19.3 Å². The molecule has 0 fully saturated rings. The molecule has 1 heterocycles. The molecular weight excluding hydrogens is 396 g/mol. The first-order valence-corrected chi connectivity index (χ1v) is 9.96. The number of benzene rings is 2. The average molecular weight is 416 g/mol. The molecule has 0 saturated carbocycles. The maximum Gasteiger partial charge on any atom is 0.265 e. The topological polar surface area (TPSA) is 112 Å². The Hall–Kier alpha value is -3.53. The summed E-state index contributed by atoms with van der Waals surface area (Å²) in [5, 5.41) is 6.59. The van der Waals surface area contributed by atoms with Gasteiger partial charge in [-0.1, -0.05) is 12.1 Å². The Bertz CT molecular complexity index is 1140. The fourth-order valence-electron chi connectivity index (χ4n) is 2.60. The lowest BCUT2D eigenvalue weighted by Crippen LogP contribution is -2.18.